The molecule has 6 nitrogen and oxygen atoms in total. The lowest BCUT2D eigenvalue weighted by atomic mass is 10.1. The lowest BCUT2D eigenvalue weighted by Gasteiger charge is -2.24. The van der Waals surface area contributed by atoms with Gasteiger partial charge in [0.15, 0.2) is 0 Å². The summed E-state index contributed by atoms with van der Waals surface area (Å²) in [7, 11) is 3.93. The van der Waals surface area contributed by atoms with Crippen molar-refractivity contribution in [3.05, 3.63) is 61.8 Å². The Balaban J connectivity index is 2.07. The zero-order chi connectivity index (χ0) is 17.0. The Morgan fingerprint density at radius 1 is 1.39 bits per heavy atom. The first-order valence-corrected chi connectivity index (χ1v) is 8.06. The molecule has 0 aliphatic heterocycles. The van der Waals surface area contributed by atoms with E-state index in [-0.39, 0.29) is 17.6 Å². The van der Waals surface area contributed by atoms with Gasteiger partial charge in [-0.05, 0) is 55.5 Å². The third kappa shape index (κ3) is 4.14. The number of rotatable bonds is 6. The van der Waals surface area contributed by atoms with Crippen LogP contribution in [-0.2, 0) is 0 Å². The minimum atomic E-state index is -0.449. The van der Waals surface area contributed by atoms with E-state index in [1.54, 1.807) is 24.3 Å². The quantitative estimate of drug-likeness (QED) is 0.651. The third-order valence-corrected chi connectivity index (χ3v) is 4.36. The maximum Gasteiger partial charge on any atom is 0.272 e. The maximum atomic E-state index is 12.3. The van der Waals surface area contributed by atoms with Crippen molar-refractivity contribution < 1.29 is 9.72 Å². The highest BCUT2D eigenvalue weighted by molar-refractivity contribution is 7.07. The van der Waals surface area contributed by atoms with Crippen molar-refractivity contribution >= 4 is 22.9 Å². The van der Waals surface area contributed by atoms with Gasteiger partial charge in [0.25, 0.3) is 11.6 Å². The van der Waals surface area contributed by atoms with Crippen molar-refractivity contribution in [1.29, 1.82) is 0 Å². The van der Waals surface area contributed by atoms with Gasteiger partial charge in [-0.3, -0.25) is 14.9 Å². The number of carbonyl (C=O) groups excluding carboxylic acids is 1. The smallest absolute Gasteiger partial charge is 0.272 e. The highest BCUT2D eigenvalue weighted by Crippen LogP contribution is 2.21. The molecule has 122 valence electrons. The van der Waals surface area contributed by atoms with Gasteiger partial charge in [-0.25, -0.2) is 0 Å². The molecular weight excluding hydrogens is 314 g/mol. The molecule has 1 heterocycles. The monoisotopic (exact) mass is 333 g/mol. The first-order chi connectivity index (χ1) is 10.9. The predicted molar refractivity (Wildman–Crippen MR) is 90.9 cm³/mol. The van der Waals surface area contributed by atoms with Crippen molar-refractivity contribution in [3.8, 4) is 0 Å². The summed E-state index contributed by atoms with van der Waals surface area (Å²) in [5, 5.41) is 17.8. The summed E-state index contributed by atoms with van der Waals surface area (Å²) in [4.78, 5) is 24.7. The number of nitrogens with zero attached hydrogens (tertiary/aromatic N) is 2. The average Bonchev–Trinajstić information content (AvgIpc) is 3.00. The second kappa shape index (κ2) is 7.34. The molecule has 1 aromatic carbocycles. The number of hydrogen-bond donors (Lipinski definition) is 1. The molecule has 0 saturated carbocycles. The summed E-state index contributed by atoms with van der Waals surface area (Å²) in [6.07, 6.45) is 0. The molecule has 2 aromatic rings. The fourth-order valence-corrected chi connectivity index (χ4v) is 3.06. The van der Waals surface area contributed by atoms with Gasteiger partial charge in [0, 0.05) is 23.7 Å². The number of amides is 1. The Kier molecular flexibility index (Phi) is 5.46. The standard InChI is InChI=1S/C16H19N3O3S/c1-11-8-12(4-5-14(11)19(21)22)16(20)17-9-15(18(2)3)13-6-7-23-10-13/h4-8,10,15H,9H2,1-3H3,(H,17,20)/t15-/m0/s1. The number of thiophene rings is 1. The van der Waals surface area contributed by atoms with Crippen LogP contribution in [0, 0.1) is 17.0 Å². The van der Waals surface area contributed by atoms with E-state index in [0.717, 1.165) is 5.56 Å². The molecule has 2 rings (SSSR count). The molecule has 1 amide bonds. The zero-order valence-corrected chi connectivity index (χ0v) is 14.1. The third-order valence-electron chi connectivity index (χ3n) is 3.66. The number of nitrogens with one attached hydrogen (secondary N) is 1. The summed E-state index contributed by atoms with van der Waals surface area (Å²) in [6, 6.07) is 6.52. The molecule has 1 aromatic heterocycles. The lowest BCUT2D eigenvalue weighted by Crippen LogP contribution is -2.34. The van der Waals surface area contributed by atoms with E-state index in [2.05, 4.69) is 10.7 Å². The Hall–Kier alpha value is -2.25. The minimum Gasteiger partial charge on any atom is -0.350 e. The predicted octanol–water partition coefficient (Wildman–Crippen LogP) is 3.00. The van der Waals surface area contributed by atoms with Crippen LogP contribution in [-0.4, -0.2) is 36.4 Å². The first-order valence-electron chi connectivity index (χ1n) is 7.12. The number of hydrogen-bond acceptors (Lipinski definition) is 5. The van der Waals surface area contributed by atoms with E-state index < -0.39 is 4.92 Å². The van der Waals surface area contributed by atoms with Crippen LogP contribution in [0.5, 0.6) is 0 Å². The van der Waals surface area contributed by atoms with Gasteiger partial charge in [0.1, 0.15) is 0 Å². The Labute approximate surface area is 138 Å². The van der Waals surface area contributed by atoms with Crippen molar-refractivity contribution in [1.82, 2.24) is 10.2 Å². The second-order valence-electron chi connectivity index (χ2n) is 5.50. The van der Waals surface area contributed by atoms with E-state index in [4.69, 9.17) is 0 Å². The van der Waals surface area contributed by atoms with Crippen LogP contribution in [0.25, 0.3) is 0 Å². The van der Waals surface area contributed by atoms with Crippen LogP contribution < -0.4 is 5.32 Å². The van der Waals surface area contributed by atoms with Gasteiger partial charge in [-0.2, -0.15) is 11.3 Å². The molecule has 0 bridgehead atoms. The van der Waals surface area contributed by atoms with E-state index in [1.165, 1.54) is 12.1 Å². The molecule has 0 radical (unpaired) electrons. The number of nitro benzene ring substituents is 1. The molecule has 1 N–H and O–H groups in total. The molecule has 0 aliphatic carbocycles. The molecule has 0 spiro atoms. The Morgan fingerprint density at radius 2 is 2.13 bits per heavy atom. The fourth-order valence-electron chi connectivity index (χ4n) is 2.36. The molecule has 1 atom stereocenters. The first kappa shape index (κ1) is 17.1. The second-order valence-corrected chi connectivity index (χ2v) is 6.28. The van der Waals surface area contributed by atoms with E-state index in [0.29, 0.717) is 17.7 Å². The number of likely N-dealkylation sites (N-methyl/N-ethyl adjacent to an activating group) is 1. The van der Waals surface area contributed by atoms with Crippen molar-refractivity contribution in [2.45, 2.75) is 13.0 Å². The van der Waals surface area contributed by atoms with Gasteiger partial charge in [0.2, 0.25) is 0 Å². The van der Waals surface area contributed by atoms with Gasteiger partial charge in [-0.15, -0.1) is 0 Å². The van der Waals surface area contributed by atoms with Gasteiger partial charge in [0.05, 0.1) is 11.0 Å². The topological polar surface area (TPSA) is 75.5 Å². The van der Waals surface area contributed by atoms with Crippen LogP contribution in [0.2, 0.25) is 0 Å². The van der Waals surface area contributed by atoms with Crippen LogP contribution >= 0.6 is 11.3 Å². The number of nitro groups is 1. The summed E-state index contributed by atoms with van der Waals surface area (Å²) < 4.78 is 0. The molecule has 0 saturated heterocycles. The number of carbonyl (C=O) groups is 1. The SMILES string of the molecule is Cc1cc(C(=O)NC[C@@H](c2ccsc2)N(C)C)ccc1[N+](=O)[O-]. The minimum absolute atomic E-state index is 0.0194. The summed E-state index contributed by atoms with van der Waals surface area (Å²) in [5.74, 6) is -0.231. The summed E-state index contributed by atoms with van der Waals surface area (Å²) >= 11 is 1.62. The Bertz CT molecular complexity index is 699. The van der Waals surface area contributed by atoms with Crippen LogP contribution in [0.4, 0.5) is 5.69 Å². The number of benzene rings is 1. The Morgan fingerprint density at radius 3 is 2.65 bits per heavy atom. The molecule has 7 heteroatoms. The van der Waals surface area contributed by atoms with Gasteiger partial charge < -0.3 is 10.2 Å². The van der Waals surface area contributed by atoms with Crippen LogP contribution in [0.15, 0.2) is 35.0 Å². The van der Waals surface area contributed by atoms with Gasteiger partial charge in [-0.1, -0.05) is 0 Å². The van der Waals surface area contributed by atoms with Crippen molar-refractivity contribution in [2.24, 2.45) is 0 Å². The van der Waals surface area contributed by atoms with Gasteiger partial charge >= 0.3 is 0 Å². The summed E-state index contributed by atoms with van der Waals surface area (Å²) in [6.45, 7) is 2.10. The lowest BCUT2D eigenvalue weighted by molar-refractivity contribution is -0.385. The normalized spacial score (nSPS) is 12.2. The molecule has 0 unspecified atom stereocenters. The molecular formula is C16H19N3O3S. The van der Waals surface area contributed by atoms with E-state index >= 15 is 0 Å². The fraction of sp³-hybridized carbons (Fsp3) is 0.312. The highest BCUT2D eigenvalue weighted by Gasteiger charge is 2.17. The summed E-state index contributed by atoms with van der Waals surface area (Å²) in [5.41, 5.74) is 2.08. The van der Waals surface area contributed by atoms with Crippen molar-refractivity contribution in [3.63, 3.8) is 0 Å². The van der Waals surface area contributed by atoms with E-state index in [9.17, 15) is 14.9 Å². The number of aryl methyl sites for hydroxylation is 1. The highest BCUT2D eigenvalue weighted by atomic mass is 32.1. The van der Waals surface area contributed by atoms with E-state index in [1.807, 2.05) is 30.4 Å². The molecule has 0 aliphatic rings. The van der Waals surface area contributed by atoms with Crippen LogP contribution in [0.3, 0.4) is 0 Å². The van der Waals surface area contributed by atoms with Crippen LogP contribution in [0.1, 0.15) is 27.5 Å². The maximum absolute atomic E-state index is 12.3. The molecule has 23 heavy (non-hydrogen) atoms. The largest absolute Gasteiger partial charge is 0.350 e. The molecule has 0 fully saturated rings. The van der Waals surface area contributed by atoms with Crippen molar-refractivity contribution in [2.75, 3.05) is 20.6 Å². The zero-order valence-electron chi connectivity index (χ0n) is 13.3. The average molecular weight is 333 g/mol.